The van der Waals surface area contributed by atoms with Crippen molar-refractivity contribution in [1.82, 2.24) is 0 Å². The number of anilines is 3. The number of benzene rings is 6. The third-order valence-corrected chi connectivity index (χ3v) is 11.0. The third kappa shape index (κ3) is 4.35. The molecule has 0 fully saturated rings. The zero-order valence-corrected chi connectivity index (χ0v) is 27.2. The molecule has 0 spiro atoms. The average Bonchev–Trinajstić information content (AvgIpc) is 3.57. The van der Waals surface area contributed by atoms with E-state index in [9.17, 15) is 0 Å². The molecule has 45 heavy (non-hydrogen) atoms. The Morgan fingerprint density at radius 1 is 0.533 bits per heavy atom. The predicted molar refractivity (Wildman–Crippen MR) is 196 cm³/mol. The number of thiophene rings is 1. The Kier molecular flexibility index (Phi) is 6.66. The molecule has 0 atom stereocenters. The standard InChI is InChI=1S/C43H37NS/c1-5-28-14-7-8-15-32(28)33-24-22-30(26-29(33)6-2)44(39-19-13-21-41-42(39)36-17-10-12-20-40(36)45-41)31-23-25-35-34-16-9-11-18-37(34)43(3,4)38(35)27-31/h7-27H,5-6H2,1-4H3. The summed E-state index contributed by atoms with van der Waals surface area (Å²) in [6.07, 6.45) is 1.99. The van der Waals surface area contributed by atoms with Crippen LogP contribution in [0.2, 0.25) is 0 Å². The van der Waals surface area contributed by atoms with Crippen LogP contribution in [0.25, 0.3) is 42.4 Å². The van der Waals surface area contributed by atoms with E-state index in [0.29, 0.717) is 0 Å². The maximum atomic E-state index is 2.51. The molecule has 1 heterocycles. The molecule has 0 radical (unpaired) electrons. The molecule has 7 aromatic rings. The average molecular weight is 600 g/mol. The SMILES string of the molecule is CCc1ccccc1-c1ccc(N(c2ccc3c(c2)C(C)(C)c2ccccc2-3)c2cccc3sc4ccccc4c23)cc1CC. The molecule has 1 aliphatic carbocycles. The van der Waals surface area contributed by atoms with Gasteiger partial charge >= 0.3 is 0 Å². The van der Waals surface area contributed by atoms with Gasteiger partial charge in [0.05, 0.1) is 5.69 Å². The van der Waals surface area contributed by atoms with Crippen LogP contribution in [0.4, 0.5) is 17.1 Å². The summed E-state index contributed by atoms with van der Waals surface area (Å²) < 4.78 is 2.64. The maximum Gasteiger partial charge on any atom is 0.0554 e. The Labute approximate surface area is 270 Å². The van der Waals surface area contributed by atoms with Crippen LogP contribution in [0, 0.1) is 0 Å². The maximum absolute atomic E-state index is 2.51. The molecule has 2 heteroatoms. The van der Waals surface area contributed by atoms with Crippen molar-refractivity contribution in [3.8, 4) is 22.3 Å². The van der Waals surface area contributed by atoms with Crippen molar-refractivity contribution >= 4 is 48.6 Å². The van der Waals surface area contributed by atoms with E-state index in [4.69, 9.17) is 0 Å². The Hall–Kier alpha value is -4.66. The minimum absolute atomic E-state index is 0.0724. The minimum atomic E-state index is -0.0724. The summed E-state index contributed by atoms with van der Waals surface area (Å²) in [5.74, 6) is 0. The van der Waals surface area contributed by atoms with Crippen LogP contribution in [0.1, 0.15) is 49.9 Å². The number of aryl methyl sites for hydroxylation is 2. The van der Waals surface area contributed by atoms with Crippen LogP contribution in [0.15, 0.2) is 127 Å². The monoisotopic (exact) mass is 599 g/mol. The minimum Gasteiger partial charge on any atom is -0.310 e. The summed E-state index contributed by atoms with van der Waals surface area (Å²) in [6.45, 7) is 9.27. The van der Waals surface area contributed by atoms with Gasteiger partial charge in [-0.25, -0.2) is 0 Å². The van der Waals surface area contributed by atoms with E-state index in [1.54, 1.807) is 0 Å². The van der Waals surface area contributed by atoms with E-state index in [1.165, 1.54) is 81.7 Å². The predicted octanol–water partition coefficient (Wildman–Crippen LogP) is 12.6. The Morgan fingerprint density at radius 3 is 1.98 bits per heavy atom. The van der Waals surface area contributed by atoms with Gasteiger partial charge in [0.2, 0.25) is 0 Å². The van der Waals surface area contributed by atoms with Crippen LogP contribution in [0.3, 0.4) is 0 Å². The molecule has 6 aromatic carbocycles. The molecule has 0 bridgehead atoms. The highest BCUT2D eigenvalue weighted by molar-refractivity contribution is 7.26. The van der Waals surface area contributed by atoms with Gasteiger partial charge in [0, 0.05) is 37.0 Å². The first-order chi connectivity index (χ1) is 22.0. The van der Waals surface area contributed by atoms with E-state index < -0.39 is 0 Å². The topological polar surface area (TPSA) is 3.24 Å². The van der Waals surface area contributed by atoms with Gasteiger partial charge in [-0.1, -0.05) is 113 Å². The molecular weight excluding hydrogens is 563 g/mol. The summed E-state index contributed by atoms with van der Waals surface area (Å²) in [6, 6.07) is 47.7. The molecular formula is C43H37NS. The summed E-state index contributed by atoms with van der Waals surface area (Å²) in [5, 5.41) is 2.64. The van der Waals surface area contributed by atoms with Crippen LogP contribution >= 0.6 is 11.3 Å². The molecule has 1 aromatic heterocycles. The lowest BCUT2D eigenvalue weighted by molar-refractivity contribution is 0.660. The molecule has 0 amide bonds. The van der Waals surface area contributed by atoms with Crippen molar-refractivity contribution in [2.45, 2.75) is 46.0 Å². The van der Waals surface area contributed by atoms with Crippen LogP contribution < -0.4 is 4.90 Å². The van der Waals surface area contributed by atoms with Crippen molar-refractivity contribution in [1.29, 1.82) is 0 Å². The first-order valence-corrected chi connectivity index (χ1v) is 17.0. The van der Waals surface area contributed by atoms with Gasteiger partial charge in [0.1, 0.15) is 0 Å². The second kappa shape index (κ2) is 10.8. The molecule has 0 unspecified atom stereocenters. The van der Waals surface area contributed by atoms with Crippen molar-refractivity contribution in [2.24, 2.45) is 0 Å². The highest BCUT2D eigenvalue weighted by Gasteiger charge is 2.36. The van der Waals surface area contributed by atoms with Crippen LogP contribution in [0.5, 0.6) is 0 Å². The fraction of sp³-hybridized carbons (Fsp3) is 0.163. The van der Waals surface area contributed by atoms with Crippen molar-refractivity contribution in [2.75, 3.05) is 4.90 Å². The first kappa shape index (κ1) is 27.9. The van der Waals surface area contributed by atoms with Gasteiger partial charge in [0.15, 0.2) is 0 Å². The molecule has 1 nitrogen and oxygen atoms in total. The van der Waals surface area contributed by atoms with E-state index in [2.05, 4.69) is 160 Å². The molecule has 0 N–H and O–H groups in total. The lowest BCUT2D eigenvalue weighted by Gasteiger charge is -2.29. The van der Waals surface area contributed by atoms with Crippen molar-refractivity contribution in [3.05, 3.63) is 150 Å². The molecule has 0 saturated carbocycles. The summed E-state index contributed by atoms with van der Waals surface area (Å²) in [4.78, 5) is 2.51. The van der Waals surface area contributed by atoms with Crippen molar-refractivity contribution in [3.63, 3.8) is 0 Å². The Balaban J connectivity index is 1.38. The second-order valence-corrected chi connectivity index (χ2v) is 13.8. The van der Waals surface area contributed by atoms with E-state index in [-0.39, 0.29) is 5.41 Å². The zero-order valence-electron chi connectivity index (χ0n) is 26.4. The number of rotatable bonds is 6. The smallest absolute Gasteiger partial charge is 0.0554 e. The highest BCUT2D eigenvalue weighted by atomic mass is 32.1. The quantitative estimate of drug-likeness (QED) is 0.184. The van der Waals surface area contributed by atoms with Gasteiger partial charge in [0.25, 0.3) is 0 Å². The fourth-order valence-electron chi connectivity index (χ4n) is 7.57. The van der Waals surface area contributed by atoms with E-state index in [1.807, 2.05) is 11.3 Å². The summed E-state index contributed by atoms with van der Waals surface area (Å²) in [7, 11) is 0. The highest BCUT2D eigenvalue weighted by Crippen LogP contribution is 2.52. The van der Waals surface area contributed by atoms with Crippen LogP contribution in [-0.2, 0) is 18.3 Å². The Morgan fingerprint density at radius 2 is 1.16 bits per heavy atom. The molecule has 0 aliphatic heterocycles. The first-order valence-electron chi connectivity index (χ1n) is 16.2. The second-order valence-electron chi connectivity index (χ2n) is 12.7. The molecule has 1 aliphatic rings. The van der Waals surface area contributed by atoms with Gasteiger partial charge < -0.3 is 4.90 Å². The summed E-state index contributed by atoms with van der Waals surface area (Å²) >= 11 is 1.88. The number of nitrogens with zero attached hydrogens (tertiary/aromatic N) is 1. The number of fused-ring (bicyclic) bond motifs is 6. The Bertz CT molecular complexity index is 2230. The van der Waals surface area contributed by atoms with E-state index in [0.717, 1.165) is 12.8 Å². The number of hydrogen-bond acceptors (Lipinski definition) is 2. The van der Waals surface area contributed by atoms with Gasteiger partial charge in [-0.2, -0.15) is 0 Å². The van der Waals surface area contributed by atoms with Gasteiger partial charge in [-0.3, -0.25) is 0 Å². The lowest BCUT2D eigenvalue weighted by atomic mass is 9.82. The largest absolute Gasteiger partial charge is 0.310 e. The van der Waals surface area contributed by atoms with E-state index >= 15 is 0 Å². The van der Waals surface area contributed by atoms with Gasteiger partial charge in [-0.05, 0) is 99.8 Å². The van der Waals surface area contributed by atoms with Gasteiger partial charge in [-0.15, -0.1) is 11.3 Å². The zero-order chi connectivity index (χ0) is 30.7. The number of hydrogen-bond donors (Lipinski definition) is 0. The fourth-order valence-corrected chi connectivity index (χ4v) is 8.69. The van der Waals surface area contributed by atoms with Crippen LogP contribution in [-0.4, -0.2) is 0 Å². The third-order valence-electron chi connectivity index (χ3n) is 9.86. The lowest BCUT2D eigenvalue weighted by Crippen LogP contribution is -2.16. The normalized spacial score (nSPS) is 13.2. The van der Waals surface area contributed by atoms with Crippen molar-refractivity contribution < 1.29 is 0 Å². The molecule has 0 saturated heterocycles. The molecule has 8 rings (SSSR count). The summed E-state index contributed by atoms with van der Waals surface area (Å²) in [5.41, 5.74) is 14.5. The molecule has 220 valence electrons.